The molecule has 7 nitrogen and oxygen atoms in total. The summed E-state index contributed by atoms with van der Waals surface area (Å²) in [7, 11) is 0. The van der Waals surface area contributed by atoms with Crippen LogP contribution in [0.4, 0.5) is 13.2 Å². The molecule has 29 heavy (non-hydrogen) atoms. The van der Waals surface area contributed by atoms with Gasteiger partial charge in [-0.05, 0) is 36.2 Å². The fraction of sp³-hybridized carbons (Fsp3) is 0.222. The largest absolute Gasteiger partial charge is 0.478 e. The second-order valence-electron chi connectivity index (χ2n) is 6.10. The number of benzene rings is 1. The average Bonchev–Trinajstić information content (AvgIpc) is 3.27. The molecule has 0 bridgehead atoms. The predicted molar refractivity (Wildman–Crippen MR) is 99.2 cm³/mol. The minimum atomic E-state index is -4.55. The Balaban J connectivity index is 1.62. The Morgan fingerprint density at radius 1 is 1.14 bits per heavy atom. The highest BCUT2D eigenvalue weighted by molar-refractivity contribution is 6.28. The van der Waals surface area contributed by atoms with Crippen LogP contribution in [-0.2, 0) is 12.7 Å². The van der Waals surface area contributed by atoms with Crippen LogP contribution in [0.15, 0.2) is 42.7 Å². The molecule has 3 aromatic heterocycles. The van der Waals surface area contributed by atoms with Crippen LogP contribution in [0.2, 0.25) is 5.28 Å². The third-order valence-electron chi connectivity index (χ3n) is 4.12. The van der Waals surface area contributed by atoms with E-state index in [2.05, 4.69) is 20.2 Å². The number of rotatable bonds is 5. The molecule has 0 saturated heterocycles. The lowest BCUT2D eigenvalue weighted by molar-refractivity contribution is -0.141. The molecule has 0 spiro atoms. The van der Waals surface area contributed by atoms with Crippen molar-refractivity contribution in [3.05, 3.63) is 59.3 Å². The van der Waals surface area contributed by atoms with Gasteiger partial charge >= 0.3 is 6.18 Å². The van der Waals surface area contributed by atoms with E-state index in [1.165, 1.54) is 0 Å². The van der Waals surface area contributed by atoms with Crippen molar-refractivity contribution in [1.29, 1.82) is 0 Å². The second-order valence-corrected chi connectivity index (χ2v) is 6.44. The molecule has 0 aliphatic carbocycles. The van der Waals surface area contributed by atoms with E-state index in [9.17, 15) is 13.2 Å². The van der Waals surface area contributed by atoms with E-state index in [0.717, 1.165) is 21.7 Å². The number of hydrogen-bond acceptors (Lipinski definition) is 5. The Bertz CT molecular complexity index is 1150. The summed E-state index contributed by atoms with van der Waals surface area (Å²) in [6.45, 7) is 2.32. The van der Waals surface area contributed by atoms with E-state index >= 15 is 0 Å². The van der Waals surface area contributed by atoms with E-state index in [0.29, 0.717) is 17.9 Å². The van der Waals surface area contributed by atoms with Gasteiger partial charge in [0.1, 0.15) is 0 Å². The number of alkyl halides is 3. The number of halogens is 4. The highest BCUT2D eigenvalue weighted by atomic mass is 35.5. The lowest BCUT2D eigenvalue weighted by Crippen LogP contribution is -2.08. The van der Waals surface area contributed by atoms with Gasteiger partial charge in [0.15, 0.2) is 11.3 Å². The van der Waals surface area contributed by atoms with E-state index in [4.69, 9.17) is 16.3 Å². The van der Waals surface area contributed by atoms with E-state index < -0.39 is 11.9 Å². The van der Waals surface area contributed by atoms with Gasteiger partial charge in [-0.15, -0.1) is 0 Å². The molecule has 11 heteroatoms. The molecule has 0 saturated carbocycles. The normalized spacial score (nSPS) is 11.9. The Morgan fingerprint density at radius 3 is 2.59 bits per heavy atom. The number of fused-ring (bicyclic) bond motifs is 1. The fourth-order valence-electron chi connectivity index (χ4n) is 2.82. The fourth-order valence-corrected chi connectivity index (χ4v) is 2.94. The van der Waals surface area contributed by atoms with Crippen molar-refractivity contribution in [2.75, 3.05) is 6.61 Å². The average molecular weight is 423 g/mol. The first-order valence-corrected chi connectivity index (χ1v) is 8.96. The monoisotopic (exact) mass is 422 g/mol. The quantitative estimate of drug-likeness (QED) is 0.452. The second kappa shape index (κ2) is 7.36. The summed E-state index contributed by atoms with van der Waals surface area (Å²) in [6, 6.07) is 7.76. The summed E-state index contributed by atoms with van der Waals surface area (Å²) in [5.74, 6) is 0.0250. The summed E-state index contributed by atoms with van der Waals surface area (Å²) >= 11 is 5.85. The first-order valence-electron chi connectivity index (χ1n) is 8.58. The van der Waals surface area contributed by atoms with E-state index in [1.54, 1.807) is 48.3 Å². The van der Waals surface area contributed by atoms with Crippen molar-refractivity contribution >= 4 is 22.6 Å². The first kappa shape index (κ1) is 19.2. The van der Waals surface area contributed by atoms with Crippen LogP contribution in [0.3, 0.4) is 0 Å². The molecule has 0 N–H and O–H groups in total. The zero-order chi connectivity index (χ0) is 20.6. The SMILES string of the molecule is CCOc1cc(C(F)(F)F)nn1-c1ccc(Cn2ncc3cnc(Cl)nc32)cc1. The molecule has 3 heterocycles. The molecule has 0 fully saturated rings. The van der Waals surface area contributed by atoms with Crippen molar-refractivity contribution in [3.8, 4) is 11.6 Å². The predicted octanol–water partition coefficient (Wildman–Crippen LogP) is 4.13. The summed E-state index contributed by atoms with van der Waals surface area (Å²) in [6.07, 6.45) is -1.33. The van der Waals surface area contributed by atoms with Gasteiger partial charge in [0.2, 0.25) is 11.2 Å². The topological polar surface area (TPSA) is 70.7 Å². The molecule has 0 aliphatic rings. The molecule has 0 unspecified atom stereocenters. The lowest BCUT2D eigenvalue weighted by Gasteiger charge is -2.09. The number of ether oxygens (including phenoxy) is 1. The highest BCUT2D eigenvalue weighted by Gasteiger charge is 2.35. The van der Waals surface area contributed by atoms with Gasteiger partial charge in [0, 0.05) is 12.3 Å². The molecule has 1 aromatic carbocycles. The van der Waals surface area contributed by atoms with Gasteiger partial charge in [-0.2, -0.15) is 28.4 Å². The summed E-state index contributed by atoms with van der Waals surface area (Å²) in [5.41, 5.74) is 0.900. The first-order chi connectivity index (χ1) is 13.8. The Kier molecular flexibility index (Phi) is 4.87. The molecule has 4 aromatic rings. The maximum absolute atomic E-state index is 13.0. The van der Waals surface area contributed by atoms with Gasteiger partial charge < -0.3 is 4.74 Å². The minimum absolute atomic E-state index is 0.0250. The number of aromatic nitrogens is 6. The van der Waals surface area contributed by atoms with Crippen LogP contribution in [0.5, 0.6) is 5.88 Å². The van der Waals surface area contributed by atoms with Crippen LogP contribution < -0.4 is 4.74 Å². The summed E-state index contributed by atoms with van der Waals surface area (Å²) in [4.78, 5) is 8.09. The van der Waals surface area contributed by atoms with Crippen molar-refractivity contribution in [2.24, 2.45) is 0 Å². The Hall–Kier alpha value is -3.14. The zero-order valence-corrected chi connectivity index (χ0v) is 15.8. The van der Waals surface area contributed by atoms with E-state index in [1.807, 2.05) is 0 Å². The van der Waals surface area contributed by atoms with Crippen LogP contribution in [0, 0.1) is 0 Å². The third kappa shape index (κ3) is 3.88. The van der Waals surface area contributed by atoms with Crippen molar-refractivity contribution in [3.63, 3.8) is 0 Å². The van der Waals surface area contributed by atoms with Crippen LogP contribution in [0.1, 0.15) is 18.2 Å². The van der Waals surface area contributed by atoms with Crippen molar-refractivity contribution < 1.29 is 17.9 Å². The smallest absolute Gasteiger partial charge is 0.435 e. The van der Waals surface area contributed by atoms with Crippen molar-refractivity contribution in [1.82, 2.24) is 29.5 Å². The van der Waals surface area contributed by atoms with Crippen LogP contribution >= 0.6 is 11.6 Å². The third-order valence-corrected chi connectivity index (χ3v) is 4.30. The minimum Gasteiger partial charge on any atom is -0.478 e. The molecule has 0 amide bonds. The maximum atomic E-state index is 13.0. The maximum Gasteiger partial charge on any atom is 0.435 e. The van der Waals surface area contributed by atoms with Gasteiger partial charge in [-0.25, -0.2) is 14.3 Å². The summed E-state index contributed by atoms with van der Waals surface area (Å²) < 4.78 is 47.1. The van der Waals surface area contributed by atoms with Gasteiger partial charge in [0.05, 0.1) is 30.4 Å². The zero-order valence-electron chi connectivity index (χ0n) is 15.1. The molecule has 150 valence electrons. The molecule has 0 atom stereocenters. The number of hydrogen-bond donors (Lipinski definition) is 0. The Morgan fingerprint density at radius 2 is 1.90 bits per heavy atom. The molecule has 4 rings (SSSR count). The van der Waals surface area contributed by atoms with Crippen LogP contribution in [0.25, 0.3) is 16.7 Å². The van der Waals surface area contributed by atoms with Crippen LogP contribution in [-0.4, -0.2) is 36.1 Å². The standard InChI is InChI=1S/C18H14ClF3N6O/c1-2-29-15-7-14(18(20,21)22)26-28(15)13-5-3-11(4-6-13)10-27-16-12(9-24-27)8-23-17(19)25-16/h3-9H,2,10H2,1H3. The van der Waals surface area contributed by atoms with E-state index in [-0.39, 0.29) is 17.8 Å². The number of nitrogens with zero attached hydrogens (tertiary/aromatic N) is 6. The van der Waals surface area contributed by atoms with Crippen molar-refractivity contribution in [2.45, 2.75) is 19.6 Å². The van der Waals surface area contributed by atoms with Gasteiger partial charge in [0.25, 0.3) is 0 Å². The lowest BCUT2D eigenvalue weighted by atomic mass is 10.2. The molecule has 0 aliphatic heterocycles. The summed E-state index contributed by atoms with van der Waals surface area (Å²) in [5, 5.41) is 8.79. The van der Waals surface area contributed by atoms with Gasteiger partial charge in [-0.1, -0.05) is 12.1 Å². The molecule has 0 radical (unpaired) electrons. The molecular formula is C18H14ClF3N6O. The Labute approximate surface area is 167 Å². The highest BCUT2D eigenvalue weighted by Crippen LogP contribution is 2.32. The molecular weight excluding hydrogens is 409 g/mol. The van der Waals surface area contributed by atoms with Gasteiger partial charge in [-0.3, -0.25) is 0 Å².